The van der Waals surface area contributed by atoms with Crippen molar-refractivity contribution < 1.29 is 18.3 Å². The topological polar surface area (TPSA) is 76.1 Å². The van der Waals surface area contributed by atoms with Gasteiger partial charge in [0.05, 0.1) is 16.8 Å². The zero-order valence-electron chi connectivity index (χ0n) is 22.0. The molecule has 0 saturated heterocycles. The number of aromatic nitrogens is 5. The Hall–Kier alpha value is -3.10. The van der Waals surface area contributed by atoms with Gasteiger partial charge in [0.15, 0.2) is 5.65 Å². The highest BCUT2D eigenvalue weighted by Crippen LogP contribution is 2.32. The molecule has 2 aromatic carbocycles. The Labute approximate surface area is 238 Å². The molecule has 0 saturated carbocycles. The molecular weight excluding hydrogens is 635 g/mol. The largest absolute Gasteiger partial charge is 0.435 e. The third kappa shape index (κ3) is 5.92. The van der Waals surface area contributed by atoms with E-state index in [4.69, 9.17) is 9.84 Å². The van der Waals surface area contributed by atoms with Crippen LogP contribution in [0.2, 0.25) is 25.7 Å². The van der Waals surface area contributed by atoms with E-state index in [1.54, 1.807) is 16.8 Å². The van der Waals surface area contributed by atoms with Gasteiger partial charge in [-0.3, -0.25) is 9.48 Å². The predicted molar refractivity (Wildman–Crippen MR) is 158 cm³/mol. The molecular formula is C27H28F2IN5O3Si. The molecule has 0 atom stereocenters. The molecule has 0 aliphatic rings. The highest BCUT2D eigenvalue weighted by atomic mass is 127. The van der Waals surface area contributed by atoms with E-state index in [0.29, 0.717) is 34.5 Å². The molecule has 0 unspecified atom stereocenters. The Kier molecular flexibility index (Phi) is 7.61. The maximum atomic E-state index is 14.0. The average molecular weight is 664 g/mol. The number of hydrogen-bond acceptors (Lipinski definition) is 5. The van der Waals surface area contributed by atoms with Gasteiger partial charge in [-0.05, 0) is 64.5 Å². The highest BCUT2D eigenvalue weighted by Gasteiger charge is 2.21. The molecule has 0 N–H and O–H groups in total. The average Bonchev–Trinajstić information content (AvgIpc) is 3.39. The summed E-state index contributed by atoms with van der Waals surface area (Å²) < 4.78 is 41.8. The van der Waals surface area contributed by atoms with E-state index in [1.807, 2.05) is 42.2 Å². The Morgan fingerprint density at radius 1 is 1.05 bits per heavy atom. The molecule has 0 bridgehead atoms. The van der Waals surface area contributed by atoms with E-state index >= 15 is 0 Å². The summed E-state index contributed by atoms with van der Waals surface area (Å²) in [5, 5.41) is 10.8. The molecule has 0 fully saturated rings. The van der Waals surface area contributed by atoms with Gasteiger partial charge in [0.25, 0.3) is 5.56 Å². The molecule has 5 aromatic rings. The molecule has 0 aliphatic carbocycles. The second-order valence-electron chi connectivity index (χ2n) is 10.5. The molecule has 3 aromatic heterocycles. The summed E-state index contributed by atoms with van der Waals surface area (Å²) in [5.41, 5.74) is 2.63. The van der Waals surface area contributed by atoms with Gasteiger partial charge in [0.2, 0.25) is 0 Å². The number of rotatable bonds is 9. The SMILES string of the molecule is Cn1cc2cc(-n3nc4c(c(I)cn4COCC[Si](C)(C)C)c(-c4ccc(OC(F)F)cc4)c3=O)ccc2n1. The lowest BCUT2D eigenvalue weighted by Gasteiger charge is -2.16. The summed E-state index contributed by atoms with van der Waals surface area (Å²) in [6.07, 6.45) is 3.79. The van der Waals surface area contributed by atoms with Crippen molar-refractivity contribution in [2.75, 3.05) is 6.61 Å². The molecule has 204 valence electrons. The summed E-state index contributed by atoms with van der Waals surface area (Å²) in [5.74, 6) is 0.0180. The third-order valence-corrected chi connectivity index (χ3v) is 8.82. The first-order valence-corrected chi connectivity index (χ1v) is 17.2. The van der Waals surface area contributed by atoms with E-state index < -0.39 is 14.7 Å². The summed E-state index contributed by atoms with van der Waals surface area (Å²) in [7, 11) is 0.586. The minimum atomic E-state index is -2.93. The van der Waals surface area contributed by atoms with Crippen LogP contribution < -0.4 is 10.3 Å². The zero-order valence-corrected chi connectivity index (χ0v) is 25.1. The normalized spacial score (nSPS) is 12.2. The summed E-state index contributed by atoms with van der Waals surface area (Å²) in [4.78, 5) is 14.0. The van der Waals surface area contributed by atoms with Gasteiger partial charge in [0.1, 0.15) is 12.5 Å². The van der Waals surface area contributed by atoms with Crippen molar-refractivity contribution in [1.29, 1.82) is 0 Å². The van der Waals surface area contributed by atoms with Crippen molar-refractivity contribution in [3.05, 3.63) is 68.8 Å². The van der Waals surface area contributed by atoms with Crippen LogP contribution in [-0.2, 0) is 18.5 Å². The van der Waals surface area contributed by atoms with E-state index in [1.165, 1.54) is 16.8 Å². The maximum absolute atomic E-state index is 14.0. The minimum absolute atomic E-state index is 0.0180. The smallest absolute Gasteiger partial charge is 0.387 e. The monoisotopic (exact) mass is 663 g/mol. The number of nitrogens with zero attached hydrogens (tertiary/aromatic N) is 5. The van der Waals surface area contributed by atoms with Crippen molar-refractivity contribution in [1.82, 2.24) is 24.1 Å². The highest BCUT2D eigenvalue weighted by molar-refractivity contribution is 14.1. The number of aryl methyl sites for hydroxylation is 1. The number of benzene rings is 2. The molecule has 0 radical (unpaired) electrons. The summed E-state index contributed by atoms with van der Waals surface area (Å²) >= 11 is 2.19. The predicted octanol–water partition coefficient (Wildman–Crippen LogP) is 6.26. The van der Waals surface area contributed by atoms with Crippen LogP contribution in [-0.4, -0.2) is 45.4 Å². The third-order valence-electron chi connectivity index (χ3n) is 6.30. The summed E-state index contributed by atoms with van der Waals surface area (Å²) in [6.45, 7) is 4.90. The Morgan fingerprint density at radius 2 is 1.79 bits per heavy atom. The molecule has 0 amide bonds. The lowest BCUT2D eigenvalue weighted by atomic mass is 10.0. The van der Waals surface area contributed by atoms with Gasteiger partial charge >= 0.3 is 6.61 Å². The van der Waals surface area contributed by atoms with Crippen molar-refractivity contribution in [2.24, 2.45) is 7.05 Å². The van der Waals surface area contributed by atoms with Crippen molar-refractivity contribution in [2.45, 2.75) is 39.0 Å². The lowest BCUT2D eigenvalue weighted by Crippen LogP contribution is -2.24. The fourth-order valence-electron chi connectivity index (χ4n) is 4.36. The second kappa shape index (κ2) is 10.8. The molecule has 3 heterocycles. The zero-order chi connectivity index (χ0) is 27.9. The van der Waals surface area contributed by atoms with Crippen LogP contribution in [0.3, 0.4) is 0 Å². The van der Waals surface area contributed by atoms with Gasteiger partial charge in [-0.15, -0.1) is 5.10 Å². The number of ether oxygens (including phenoxy) is 2. The number of hydrogen-bond donors (Lipinski definition) is 0. The van der Waals surface area contributed by atoms with Crippen LogP contribution in [0, 0.1) is 3.57 Å². The van der Waals surface area contributed by atoms with Crippen LogP contribution in [0.4, 0.5) is 8.78 Å². The van der Waals surface area contributed by atoms with E-state index in [0.717, 1.165) is 20.5 Å². The fraction of sp³-hybridized carbons (Fsp3) is 0.296. The molecule has 0 aliphatic heterocycles. The van der Waals surface area contributed by atoms with E-state index in [9.17, 15) is 13.6 Å². The van der Waals surface area contributed by atoms with Gasteiger partial charge < -0.3 is 14.0 Å². The fourth-order valence-corrected chi connectivity index (χ4v) is 5.96. The van der Waals surface area contributed by atoms with Crippen molar-refractivity contribution >= 4 is 52.6 Å². The maximum Gasteiger partial charge on any atom is 0.387 e. The first-order chi connectivity index (χ1) is 18.5. The first kappa shape index (κ1) is 27.5. The van der Waals surface area contributed by atoms with Crippen molar-refractivity contribution in [3.8, 4) is 22.6 Å². The van der Waals surface area contributed by atoms with Crippen LogP contribution in [0.15, 0.2) is 59.7 Å². The van der Waals surface area contributed by atoms with Gasteiger partial charge in [-0.2, -0.15) is 18.6 Å². The van der Waals surface area contributed by atoms with Gasteiger partial charge in [-0.1, -0.05) is 31.8 Å². The Balaban J connectivity index is 1.66. The molecule has 5 rings (SSSR count). The minimum Gasteiger partial charge on any atom is -0.435 e. The van der Waals surface area contributed by atoms with Crippen LogP contribution >= 0.6 is 22.6 Å². The van der Waals surface area contributed by atoms with Crippen LogP contribution in [0.5, 0.6) is 5.75 Å². The second-order valence-corrected chi connectivity index (χ2v) is 17.3. The molecule has 8 nitrogen and oxygen atoms in total. The van der Waals surface area contributed by atoms with Crippen LogP contribution in [0.25, 0.3) is 38.8 Å². The van der Waals surface area contributed by atoms with Gasteiger partial charge in [0, 0.05) is 48.5 Å². The van der Waals surface area contributed by atoms with E-state index in [2.05, 4.69) is 52.1 Å². The quantitative estimate of drug-likeness (QED) is 0.106. The van der Waals surface area contributed by atoms with Gasteiger partial charge in [-0.25, -0.2) is 0 Å². The standard InChI is InChI=1S/C27H28F2IN5O3Si/c1-33-14-18-13-19(7-10-22(18)31-33)35-26(36)23(17-5-8-20(9-6-17)38-27(28)29)24-21(30)15-34(25(24)32-35)16-37-11-12-39(2,3)4/h5-10,13-15,27H,11-12,16H2,1-4H3. The number of halogens is 3. The molecule has 12 heteroatoms. The van der Waals surface area contributed by atoms with Crippen LogP contribution in [0.1, 0.15) is 0 Å². The van der Waals surface area contributed by atoms with Crippen molar-refractivity contribution in [3.63, 3.8) is 0 Å². The number of alkyl halides is 2. The van der Waals surface area contributed by atoms with E-state index in [-0.39, 0.29) is 18.0 Å². The lowest BCUT2D eigenvalue weighted by molar-refractivity contribution is -0.0498. The Morgan fingerprint density at radius 3 is 2.49 bits per heavy atom. The summed E-state index contributed by atoms with van der Waals surface area (Å²) in [6, 6.07) is 12.6. The molecule has 0 spiro atoms. The molecule has 39 heavy (non-hydrogen) atoms. The first-order valence-electron chi connectivity index (χ1n) is 12.4. The number of fused-ring (bicyclic) bond motifs is 2. The Bertz CT molecular complexity index is 1710.